The number of quaternary nitrogens is 1. The molecular formula is C9H22NO2+. The average molecular weight is 176 g/mol. The summed E-state index contributed by atoms with van der Waals surface area (Å²) in [4.78, 5) is 0. The number of aliphatic hydroxyl groups excluding tert-OH is 1. The molecule has 0 aromatic carbocycles. The Balaban J connectivity index is 3.31. The second kappa shape index (κ2) is 5.51. The molecule has 0 amide bonds. The van der Waals surface area contributed by atoms with Gasteiger partial charge in [0.2, 0.25) is 0 Å². The molecule has 0 saturated carbocycles. The van der Waals surface area contributed by atoms with Crippen molar-refractivity contribution in [3.05, 3.63) is 0 Å². The van der Waals surface area contributed by atoms with Crippen molar-refractivity contribution in [3.63, 3.8) is 0 Å². The van der Waals surface area contributed by atoms with Crippen LogP contribution in [0.2, 0.25) is 0 Å². The van der Waals surface area contributed by atoms with E-state index in [-0.39, 0.29) is 0 Å². The van der Waals surface area contributed by atoms with E-state index in [4.69, 9.17) is 4.74 Å². The van der Waals surface area contributed by atoms with Gasteiger partial charge in [0.15, 0.2) is 6.29 Å². The minimum Gasteiger partial charge on any atom is -0.368 e. The van der Waals surface area contributed by atoms with Crippen LogP contribution in [0.4, 0.5) is 0 Å². The van der Waals surface area contributed by atoms with Crippen LogP contribution in [0.25, 0.3) is 0 Å². The molecule has 0 rings (SSSR count). The Morgan fingerprint density at radius 1 is 1.33 bits per heavy atom. The fourth-order valence-electron chi connectivity index (χ4n) is 0.793. The molecule has 0 aliphatic carbocycles. The summed E-state index contributed by atoms with van der Waals surface area (Å²) in [5, 5.41) is 9.22. The van der Waals surface area contributed by atoms with E-state index in [1.54, 1.807) is 0 Å². The van der Waals surface area contributed by atoms with Gasteiger partial charge in [-0.3, -0.25) is 0 Å². The number of ether oxygens (including phenoxy) is 1. The summed E-state index contributed by atoms with van der Waals surface area (Å²) in [6.45, 7) is 3.60. The van der Waals surface area contributed by atoms with Crippen molar-refractivity contribution in [1.82, 2.24) is 0 Å². The Bertz CT molecular complexity index is 110. The highest BCUT2D eigenvalue weighted by Crippen LogP contribution is 1.98. The number of likely N-dealkylation sites (N-methyl/N-ethyl adjacent to an activating group) is 1. The van der Waals surface area contributed by atoms with Crippen LogP contribution in [-0.4, -0.2) is 50.2 Å². The first kappa shape index (κ1) is 11.9. The molecule has 0 aliphatic heterocycles. The van der Waals surface area contributed by atoms with Gasteiger partial charge in [0.25, 0.3) is 0 Å². The van der Waals surface area contributed by atoms with E-state index in [1.165, 1.54) is 0 Å². The number of hydrogen-bond donors (Lipinski definition) is 1. The summed E-state index contributed by atoms with van der Waals surface area (Å²) in [6, 6.07) is 0. The molecule has 0 radical (unpaired) electrons. The van der Waals surface area contributed by atoms with Crippen LogP contribution >= 0.6 is 0 Å². The zero-order valence-corrected chi connectivity index (χ0v) is 8.71. The van der Waals surface area contributed by atoms with Crippen molar-refractivity contribution < 1.29 is 14.3 Å². The fraction of sp³-hybridized carbons (Fsp3) is 1.00. The molecule has 12 heavy (non-hydrogen) atoms. The maximum Gasteiger partial charge on any atom is 0.154 e. The van der Waals surface area contributed by atoms with Crippen molar-refractivity contribution >= 4 is 0 Å². The van der Waals surface area contributed by atoms with Gasteiger partial charge < -0.3 is 14.3 Å². The lowest BCUT2D eigenvalue weighted by atomic mass is 10.3. The molecule has 1 unspecified atom stereocenters. The van der Waals surface area contributed by atoms with Crippen molar-refractivity contribution in [2.75, 3.05) is 34.3 Å². The van der Waals surface area contributed by atoms with Crippen LogP contribution in [0, 0.1) is 0 Å². The van der Waals surface area contributed by atoms with E-state index in [2.05, 4.69) is 21.1 Å². The SMILES string of the molecule is CCCC(O)OCC[N+](C)(C)C. The molecule has 0 spiro atoms. The van der Waals surface area contributed by atoms with Crippen LogP contribution in [-0.2, 0) is 4.74 Å². The van der Waals surface area contributed by atoms with Crippen LogP contribution in [0.3, 0.4) is 0 Å². The summed E-state index contributed by atoms with van der Waals surface area (Å²) in [6.07, 6.45) is 1.13. The standard InChI is InChI=1S/C9H22NO2/c1-5-6-9(11)12-8-7-10(2,3)4/h9,11H,5-8H2,1-4H3/q+1. The normalized spacial score (nSPS) is 14.8. The van der Waals surface area contributed by atoms with E-state index in [0.29, 0.717) is 6.61 Å². The van der Waals surface area contributed by atoms with Crippen LogP contribution in [0.15, 0.2) is 0 Å². The smallest absolute Gasteiger partial charge is 0.154 e. The molecule has 3 nitrogen and oxygen atoms in total. The Hall–Kier alpha value is -0.120. The van der Waals surface area contributed by atoms with Gasteiger partial charge >= 0.3 is 0 Å². The molecule has 0 saturated heterocycles. The van der Waals surface area contributed by atoms with E-state index in [0.717, 1.165) is 23.9 Å². The second-order valence-electron chi connectivity index (χ2n) is 4.13. The second-order valence-corrected chi connectivity index (χ2v) is 4.13. The lowest BCUT2D eigenvalue weighted by Gasteiger charge is -2.24. The molecule has 0 aromatic rings. The van der Waals surface area contributed by atoms with Gasteiger partial charge in [-0.1, -0.05) is 13.3 Å². The summed E-state index contributed by atoms with van der Waals surface area (Å²) < 4.78 is 6.07. The van der Waals surface area contributed by atoms with E-state index < -0.39 is 6.29 Å². The molecule has 3 heteroatoms. The van der Waals surface area contributed by atoms with Gasteiger partial charge in [-0.15, -0.1) is 0 Å². The van der Waals surface area contributed by atoms with Crippen molar-refractivity contribution in [1.29, 1.82) is 0 Å². The molecule has 0 heterocycles. The van der Waals surface area contributed by atoms with Crippen LogP contribution in [0.5, 0.6) is 0 Å². The predicted molar refractivity (Wildman–Crippen MR) is 49.8 cm³/mol. The van der Waals surface area contributed by atoms with Crippen LogP contribution in [0.1, 0.15) is 19.8 Å². The third-order valence-corrected chi connectivity index (χ3v) is 1.61. The number of aliphatic hydroxyl groups is 1. The topological polar surface area (TPSA) is 29.5 Å². The Morgan fingerprint density at radius 2 is 1.92 bits per heavy atom. The third kappa shape index (κ3) is 7.98. The largest absolute Gasteiger partial charge is 0.368 e. The fourth-order valence-corrected chi connectivity index (χ4v) is 0.793. The average Bonchev–Trinajstić information content (AvgIpc) is 1.84. The summed E-state index contributed by atoms with van der Waals surface area (Å²) in [5.41, 5.74) is 0. The van der Waals surface area contributed by atoms with Gasteiger partial charge in [0, 0.05) is 0 Å². The number of rotatable bonds is 6. The molecular weight excluding hydrogens is 154 g/mol. The maximum atomic E-state index is 9.22. The van der Waals surface area contributed by atoms with Crippen LogP contribution < -0.4 is 0 Å². The van der Waals surface area contributed by atoms with E-state index >= 15 is 0 Å². The van der Waals surface area contributed by atoms with Gasteiger partial charge in [-0.05, 0) is 6.42 Å². The summed E-state index contributed by atoms with van der Waals surface area (Å²) in [7, 11) is 6.32. The van der Waals surface area contributed by atoms with Gasteiger partial charge in [-0.2, -0.15) is 0 Å². The zero-order valence-electron chi connectivity index (χ0n) is 8.71. The predicted octanol–water partition coefficient (Wildman–Crippen LogP) is 0.828. The molecule has 0 bridgehead atoms. The molecule has 1 N–H and O–H groups in total. The van der Waals surface area contributed by atoms with Crippen molar-refractivity contribution in [2.24, 2.45) is 0 Å². The Morgan fingerprint density at radius 3 is 2.33 bits per heavy atom. The zero-order chi connectivity index (χ0) is 9.61. The summed E-state index contributed by atoms with van der Waals surface area (Å²) >= 11 is 0. The number of hydrogen-bond acceptors (Lipinski definition) is 2. The number of nitrogens with zero attached hydrogens (tertiary/aromatic N) is 1. The van der Waals surface area contributed by atoms with Gasteiger partial charge in [0.05, 0.1) is 27.7 Å². The monoisotopic (exact) mass is 176 g/mol. The minimum atomic E-state index is -0.568. The van der Waals surface area contributed by atoms with E-state index in [1.807, 2.05) is 6.92 Å². The first-order chi connectivity index (χ1) is 5.45. The molecule has 0 aliphatic rings. The quantitative estimate of drug-likeness (QED) is 0.480. The van der Waals surface area contributed by atoms with Gasteiger partial charge in [-0.25, -0.2) is 0 Å². The molecule has 0 fully saturated rings. The summed E-state index contributed by atoms with van der Waals surface area (Å²) in [5.74, 6) is 0. The van der Waals surface area contributed by atoms with E-state index in [9.17, 15) is 5.11 Å². The third-order valence-electron chi connectivity index (χ3n) is 1.61. The van der Waals surface area contributed by atoms with Gasteiger partial charge in [0.1, 0.15) is 6.54 Å². The first-order valence-electron chi connectivity index (χ1n) is 4.56. The molecule has 74 valence electrons. The first-order valence-corrected chi connectivity index (χ1v) is 4.56. The molecule has 0 aromatic heterocycles. The lowest BCUT2D eigenvalue weighted by molar-refractivity contribution is -0.871. The lowest BCUT2D eigenvalue weighted by Crippen LogP contribution is -2.38. The maximum absolute atomic E-state index is 9.22. The highest BCUT2D eigenvalue weighted by atomic mass is 16.6. The van der Waals surface area contributed by atoms with Crippen molar-refractivity contribution in [3.8, 4) is 0 Å². The highest BCUT2D eigenvalue weighted by molar-refractivity contribution is 4.39. The van der Waals surface area contributed by atoms with Crippen molar-refractivity contribution in [2.45, 2.75) is 26.1 Å². The Labute approximate surface area is 75.5 Å². The Kier molecular flexibility index (Phi) is 5.46. The molecule has 1 atom stereocenters. The highest BCUT2D eigenvalue weighted by Gasteiger charge is 2.08. The minimum absolute atomic E-state index is 0.568.